The fourth-order valence-corrected chi connectivity index (χ4v) is 2.39. The predicted molar refractivity (Wildman–Crippen MR) is 78.1 cm³/mol. The molecular weight excluding hydrogens is 256 g/mol. The van der Waals surface area contributed by atoms with E-state index in [9.17, 15) is 4.79 Å². The van der Waals surface area contributed by atoms with Crippen LogP contribution < -0.4 is 10.6 Å². The van der Waals surface area contributed by atoms with Gasteiger partial charge in [0.05, 0.1) is 5.75 Å². The van der Waals surface area contributed by atoms with Gasteiger partial charge in [0.25, 0.3) is 0 Å². The van der Waals surface area contributed by atoms with Crippen LogP contribution in [-0.2, 0) is 4.79 Å². The van der Waals surface area contributed by atoms with Crippen molar-refractivity contribution in [2.75, 3.05) is 18.8 Å². The fraction of sp³-hybridized carbons (Fsp3) is 0.917. The second-order valence-corrected chi connectivity index (χ2v) is 7.14. The highest BCUT2D eigenvalue weighted by Gasteiger charge is 2.15. The minimum absolute atomic E-state index is 0. The molecule has 0 spiro atoms. The van der Waals surface area contributed by atoms with Gasteiger partial charge in [-0.3, -0.25) is 4.79 Å². The molecule has 2 N–H and O–H groups in total. The highest BCUT2D eigenvalue weighted by Crippen LogP contribution is 2.22. The number of rotatable bonds is 5. The molecule has 1 saturated heterocycles. The van der Waals surface area contributed by atoms with Crippen molar-refractivity contribution in [3.8, 4) is 0 Å². The molecule has 5 heteroatoms. The van der Waals surface area contributed by atoms with Crippen molar-refractivity contribution >= 4 is 30.1 Å². The van der Waals surface area contributed by atoms with E-state index in [0.717, 1.165) is 19.5 Å². The Bertz CT molecular complexity index is 225. The summed E-state index contributed by atoms with van der Waals surface area (Å²) in [6.07, 6.45) is 3.59. The zero-order chi connectivity index (χ0) is 12.0. The minimum atomic E-state index is 0. The average molecular weight is 281 g/mol. The minimum Gasteiger partial charge on any atom is -0.355 e. The molecule has 0 radical (unpaired) electrons. The molecule has 17 heavy (non-hydrogen) atoms. The Morgan fingerprint density at radius 2 is 2.18 bits per heavy atom. The third kappa shape index (κ3) is 8.75. The molecule has 3 nitrogen and oxygen atoms in total. The first-order chi connectivity index (χ1) is 7.47. The second-order valence-electron chi connectivity index (χ2n) is 5.33. The van der Waals surface area contributed by atoms with Gasteiger partial charge in [0.15, 0.2) is 0 Å². The summed E-state index contributed by atoms with van der Waals surface area (Å²) in [4.78, 5) is 11.5. The number of nitrogens with one attached hydrogen (secondary N) is 2. The van der Waals surface area contributed by atoms with Crippen LogP contribution in [0.1, 0.15) is 40.0 Å². The highest BCUT2D eigenvalue weighted by atomic mass is 35.5. The van der Waals surface area contributed by atoms with Crippen molar-refractivity contribution in [1.82, 2.24) is 10.6 Å². The van der Waals surface area contributed by atoms with Crippen molar-refractivity contribution in [1.29, 1.82) is 0 Å². The van der Waals surface area contributed by atoms with Gasteiger partial charge in [-0.1, -0.05) is 20.8 Å². The molecule has 0 aromatic carbocycles. The Morgan fingerprint density at radius 1 is 1.47 bits per heavy atom. The fourth-order valence-electron chi connectivity index (χ4n) is 1.72. The number of hydrogen-bond donors (Lipinski definition) is 2. The van der Waals surface area contributed by atoms with E-state index in [0.29, 0.717) is 11.8 Å². The lowest BCUT2D eigenvalue weighted by atomic mass is 10.1. The van der Waals surface area contributed by atoms with Gasteiger partial charge in [-0.15, -0.1) is 24.2 Å². The number of thioether (sulfide) groups is 1. The van der Waals surface area contributed by atoms with E-state index < -0.39 is 0 Å². The van der Waals surface area contributed by atoms with Crippen LogP contribution in [0.2, 0.25) is 0 Å². The summed E-state index contributed by atoms with van der Waals surface area (Å²) in [5.74, 6) is 0.736. The van der Waals surface area contributed by atoms with Crippen LogP contribution in [0.15, 0.2) is 0 Å². The van der Waals surface area contributed by atoms with Gasteiger partial charge >= 0.3 is 0 Å². The zero-order valence-corrected chi connectivity index (χ0v) is 12.7. The first-order valence-electron chi connectivity index (χ1n) is 6.11. The molecule has 102 valence electrons. The van der Waals surface area contributed by atoms with Crippen LogP contribution in [0.4, 0.5) is 0 Å². The van der Waals surface area contributed by atoms with Gasteiger partial charge < -0.3 is 10.6 Å². The molecule has 0 aromatic heterocycles. The van der Waals surface area contributed by atoms with E-state index in [1.165, 1.54) is 12.8 Å². The van der Waals surface area contributed by atoms with E-state index in [2.05, 4.69) is 31.4 Å². The average Bonchev–Trinajstić information content (AvgIpc) is 2.66. The monoisotopic (exact) mass is 280 g/mol. The third-order valence-electron chi connectivity index (χ3n) is 2.61. The third-order valence-corrected chi connectivity index (χ3v) is 3.89. The van der Waals surface area contributed by atoms with Crippen molar-refractivity contribution in [3.63, 3.8) is 0 Å². The molecule has 1 fully saturated rings. The maximum Gasteiger partial charge on any atom is 0.230 e. The lowest BCUT2D eigenvalue weighted by Crippen LogP contribution is -2.32. The summed E-state index contributed by atoms with van der Waals surface area (Å²) in [6.45, 7) is 8.34. The van der Waals surface area contributed by atoms with Crippen molar-refractivity contribution < 1.29 is 4.79 Å². The summed E-state index contributed by atoms with van der Waals surface area (Å²) < 4.78 is 0.171. The summed E-state index contributed by atoms with van der Waals surface area (Å²) in [7, 11) is 0. The zero-order valence-electron chi connectivity index (χ0n) is 11.0. The molecule has 0 aromatic rings. The number of hydrogen-bond acceptors (Lipinski definition) is 3. The molecule has 0 bridgehead atoms. The predicted octanol–water partition coefficient (Wildman–Crippen LogP) is 2.20. The molecule has 1 amide bonds. The van der Waals surface area contributed by atoms with Gasteiger partial charge in [-0.25, -0.2) is 0 Å². The Morgan fingerprint density at radius 3 is 2.71 bits per heavy atom. The standard InChI is InChI=1S/C12H24N2OS.ClH/c1-12(2,3)16-9-11(15)14-8-6-10-5-4-7-13-10;/h10,13H,4-9H2,1-3H3,(H,14,15);1H/t10-;/m1./s1. The number of carbonyl (C=O) groups excluding carboxylic acids is 1. The van der Waals surface area contributed by atoms with E-state index >= 15 is 0 Å². The van der Waals surface area contributed by atoms with Gasteiger partial charge in [0, 0.05) is 17.3 Å². The summed E-state index contributed by atoms with van der Waals surface area (Å²) >= 11 is 1.70. The molecular formula is C12H25ClN2OS. The first kappa shape index (κ1) is 17.1. The Hall–Kier alpha value is 0.0700. The quantitative estimate of drug-likeness (QED) is 0.811. The highest BCUT2D eigenvalue weighted by molar-refractivity contribution is 8.01. The Balaban J connectivity index is 0.00000256. The summed E-state index contributed by atoms with van der Waals surface area (Å²) in [5.41, 5.74) is 0. The van der Waals surface area contributed by atoms with Crippen LogP contribution >= 0.6 is 24.2 Å². The SMILES string of the molecule is CC(C)(C)SCC(=O)NCC[C@H]1CCCN1.Cl. The molecule has 1 aliphatic rings. The Labute approximate surface area is 115 Å². The van der Waals surface area contributed by atoms with Gasteiger partial charge in [-0.2, -0.15) is 0 Å². The summed E-state index contributed by atoms with van der Waals surface area (Å²) in [6, 6.07) is 0.621. The maximum absolute atomic E-state index is 11.5. The lowest BCUT2D eigenvalue weighted by molar-refractivity contribution is -0.118. The normalized spacial score (nSPS) is 19.8. The molecule has 0 aliphatic carbocycles. The Kier molecular flexibility index (Phi) is 8.25. The van der Waals surface area contributed by atoms with Crippen LogP contribution in [0.3, 0.4) is 0 Å². The van der Waals surface area contributed by atoms with Gasteiger partial charge in [0.2, 0.25) is 5.91 Å². The summed E-state index contributed by atoms with van der Waals surface area (Å²) in [5, 5.41) is 6.41. The van der Waals surface area contributed by atoms with Crippen molar-refractivity contribution in [2.24, 2.45) is 0 Å². The van der Waals surface area contributed by atoms with Crippen molar-refractivity contribution in [2.45, 2.75) is 50.8 Å². The first-order valence-corrected chi connectivity index (χ1v) is 7.10. The van der Waals surface area contributed by atoms with Gasteiger partial charge in [-0.05, 0) is 25.8 Å². The largest absolute Gasteiger partial charge is 0.355 e. The van der Waals surface area contributed by atoms with E-state index in [1.54, 1.807) is 11.8 Å². The topological polar surface area (TPSA) is 41.1 Å². The van der Waals surface area contributed by atoms with Gasteiger partial charge in [0.1, 0.15) is 0 Å². The smallest absolute Gasteiger partial charge is 0.230 e. The van der Waals surface area contributed by atoms with E-state index in [1.807, 2.05) is 0 Å². The lowest BCUT2D eigenvalue weighted by Gasteiger charge is -2.17. The molecule has 1 rings (SSSR count). The molecule has 1 atom stereocenters. The molecule has 0 saturated carbocycles. The van der Waals surface area contributed by atoms with Crippen LogP contribution in [0.25, 0.3) is 0 Å². The molecule has 1 aliphatic heterocycles. The van der Waals surface area contributed by atoms with E-state index in [-0.39, 0.29) is 23.1 Å². The van der Waals surface area contributed by atoms with Crippen LogP contribution in [-0.4, -0.2) is 35.5 Å². The second kappa shape index (κ2) is 8.22. The number of carbonyl (C=O) groups is 1. The van der Waals surface area contributed by atoms with Crippen LogP contribution in [0.5, 0.6) is 0 Å². The van der Waals surface area contributed by atoms with E-state index in [4.69, 9.17) is 0 Å². The molecule has 0 unspecified atom stereocenters. The number of amides is 1. The van der Waals surface area contributed by atoms with Crippen molar-refractivity contribution in [3.05, 3.63) is 0 Å². The molecule has 1 heterocycles. The number of halogens is 1. The maximum atomic E-state index is 11.5. The van der Waals surface area contributed by atoms with Crippen LogP contribution in [0, 0.1) is 0 Å².